The lowest BCUT2D eigenvalue weighted by Gasteiger charge is -2.12. The van der Waals surface area contributed by atoms with Crippen molar-refractivity contribution in [1.82, 2.24) is 0 Å². The molecule has 0 heterocycles. The molecule has 0 atom stereocenters. The summed E-state index contributed by atoms with van der Waals surface area (Å²) < 4.78 is 0. The number of hydrogen-bond acceptors (Lipinski definition) is 2. The highest BCUT2D eigenvalue weighted by Gasteiger charge is 2.06. The molecule has 0 aliphatic carbocycles. The Morgan fingerprint density at radius 3 is 2.19 bits per heavy atom. The smallest absolute Gasteiger partial charge is 0.0429 e. The Bertz CT molecular complexity index is 341. The van der Waals surface area contributed by atoms with E-state index in [9.17, 15) is 0 Å². The molecule has 0 aliphatic rings. The number of rotatable bonds is 3. The summed E-state index contributed by atoms with van der Waals surface area (Å²) in [5.41, 5.74) is 3.92. The molecule has 0 radical (unpaired) electrons. The number of hydrogen-bond donors (Lipinski definition) is 2. The first-order chi connectivity index (χ1) is 7.56. The van der Waals surface area contributed by atoms with E-state index in [4.69, 9.17) is 5.41 Å². The van der Waals surface area contributed by atoms with E-state index < -0.39 is 0 Å². The van der Waals surface area contributed by atoms with Crippen molar-refractivity contribution >= 4 is 11.4 Å². The van der Waals surface area contributed by atoms with Gasteiger partial charge in [-0.2, -0.15) is 0 Å². The van der Waals surface area contributed by atoms with Gasteiger partial charge in [-0.3, -0.25) is 0 Å². The van der Waals surface area contributed by atoms with Crippen LogP contribution in [-0.4, -0.2) is 12.8 Å². The largest absolute Gasteiger partial charge is 0.388 e. The summed E-state index contributed by atoms with van der Waals surface area (Å²) >= 11 is 0. The molecule has 0 saturated heterocycles. The van der Waals surface area contributed by atoms with Crippen LogP contribution in [-0.2, 0) is 0 Å². The molecule has 0 amide bonds. The van der Waals surface area contributed by atoms with Crippen LogP contribution < -0.4 is 5.32 Å². The van der Waals surface area contributed by atoms with Gasteiger partial charge in [-0.15, -0.1) is 0 Å². The Morgan fingerprint density at radius 1 is 1.25 bits per heavy atom. The first kappa shape index (κ1) is 14.7. The minimum atomic E-state index is 0.513. The predicted octanol–water partition coefficient (Wildman–Crippen LogP) is 4.27. The average molecular weight is 220 g/mol. The fourth-order valence-electron chi connectivity index (χ4n) is 1.45. The molecule has 0 aliphatic heterocycles. The van der Waals surface area contributed by atoms with Gasteiger partial charge in [0.1, 0.15) is 0 Å². The molecule has 1 aromatic carbocycles. The van der Waals surface area contributed by atoms with Crippen molar-refractivity contribution in [2.45, 2.75) is 40.5 Å². The van der Waals surface area contributed by atoms with Crippen LogP contribution in [0.1, 0.15) is 51.7 Å². The number of anilines is 1. The first-order valence-corrected chi connectivity index (χ1v) is 5.93. The molecule has 16 heavy (non-hydrogen) atoms. The van der Waals surface area contributed by atoms with Crippen LogP contribution in [0.25, 0.3) is 0 Å². The molecule has 0 saturated carbocycles. The van der Waals surface area contributed by atoms with Crippen LogP contribution in [0.2, 0.25) is 0 Å². The molecule has 0 bridgehead atoms. The van der Waals surface area contributed by atoms with Gasteiger partial charge in [-0.1, -0.05) is 33.8 Å². The standard InChI is InChI=1S/C12H18N2.C2H6/c1-8(2)10-5-6-12(14-4)11(7-10)9(3)13;1-2/h5-8,13-14H,1-4H3;1-2H3. The highest BCUT2D eigenvalue weighted by molar-refractivity contribution is 6.01. The Hall–Kier alpha value is -1.31. The van der Waals surface area contributed by atoms with Gasteiger partial charge in [0.25, 0.3) is 0 Å². The van der Waals surface area contributed by atoms with Crippen LogP contribution >= 0.6 is 0 Å². The molecule has 2 N–H and O–H groups in total. The summed E-state index contributed by atoms with van der Waals surface area (Å²) in [6.45, 7) is 10.1. The van der Waals surface area contributed by atoms with Crippen molar-refractivity contribution in [1.29, 1.82) is 5.41 Å². The third kappa shape index (κ3) is 3.69. The maximum Gasteiger partial charge on any atom is 0.0429 e. The molecular weight excluding hydrogens is 196 g/mol. The average Bonchev–Trinajstić information content (AvgIpc) is 2.30. The lowest BCUT2D eigenvalue weighted by atomic mass is 9.98. The van der Waals surface area contributed by atoms with Crippen LogP contribution in [0, 0.1) is 5.41 Å². The molecule has 1 aromatic rings. The molecule has 0 unspecified atom stereocenters. The van der Waals surface area contributed by atoms with Gasteiger partial charge in [0, 0.05) is 24.0 Å². The quantitative estimate of drug-likeness (QED) is 0.733. The van der Waals surface area contributed by atoms with Crippen molar-refractivity contribution < 1.29 is 0 Å². The Morgan fingerprint density at radius 2 is 1.81 bits per heavy atom. The summed E-state index contributed by atoms with van der Waals surface area (Å²) in [7, 11) is 1.89. The van der Waals surface area contributed by atoms with E-state index in [0.29, 0.717) is 11.6 Å². The minimum Gasteiger partial charge on any atom is -0.388 e. The topological polar surface area (TPSA) is 35.9 Å². The van der Waals surface area contributed by atoms with E-state index >= 15 is 0 Å². The monoisotopic (exact) mass is 220 g/mol. The Balaban J connectivity index is 0.00000106. The van der Waals surface area contributed by atoms with E-state index in [1.807, 2.05) is 33.9 Å². The molecular formula is C14H24N2. The highest BCUT2D eigenvalue weighted by atomic mass is 14.8. The van der Waals surface area contributed by atoms with Gasteiger partial charge in [0.05, 0.1) is 0 Å². The molecule has 90 valence electrons. The van der Waals surface area contributed by atoms with Crippen LogP contribution in [0.5, 0.6) is 0 Å². The molecule has 0 spiro atoms. The van der Waals surface area contributed by atoms with Gasteiger partial charge >= 0.3 is 0 Å². The molecule has 0 aromatic heterocycles. The maximum absolute atomic E-state index is 7.68. The zero-order valence-corrected chi connectivity index (χ0v) is 11.3. The molecule has 2 heteroatoms. The molecule has 2 nitrogen and oxygen atoms in total. The van der Waals surface area contributed by atoms with Crippen molar-refractivity contribution in [3.8, 4) is 0 Å². The summed E-state index contributed by atoms with van der Waals surface area (Å²) in [6.07, 6.45) is 0. The zero-order chi connectivity index (χ0) is 12.7. The summed E-state index contributed by atoms with van der Waals surface area (Å²) in [5.74, 6) is 0.513. The van der Waals surface area contributed by atoms with Crippen LogP contribution in [0.3, 0.4) is 0 Å². The van der Waals surface area contributed by atoms with Gasteiger partial charge < -0.3 is 10.7 Å². The van der Waals surface area contributed by atoms with Crippen molar-refractivity contribution in [3.63, 3.8) is 0 Å². The molecule has 1 rings (SSSR count). The van der Waals surface area contributed by atoms with Crippen LogP contribution in [0.15, 0.2) is 18.2 Å². The summed E-state index contributed by atoms with van der Waals surface area (Å²) in [5, 5.41) is 10.8. The SMILES string of the molecule is CC.CNc1ccc(C(C)C)cc1C(C)=N. The zero-order valence-electron chi connectivity index (χ0n) is 11.3. The summed E-state index contributed by atoms with van der Waals surface area (Å²) in [6, 6.07) is 6.25. The third-order valence-electron chi connectivity index (χ3n) is 2.38. The number of nitrogens with one attached hydrogen (secondary N) is 2. The second-order valence-electron chi connectivity index (χ2n) is 3.83. The summed E-state index contributed by atoms with van der Waals surface area (Å²) in [4.78, 5) is 0. The number of benzene rings is 1. The van der Waals surface area contributed by atoms with Gasteiger partial charge in [-0.25, -0.2) is 0 Å². The Labute approximate surface area is 99.6 Å². The maximum atomic E-state index is 7.68. The van der Waals surface area contributed by atoms with Gasteiger partial charge in [0.15, 0.2) is 0 Å². The third-order valence-corrected chi connectivity index (χ3v) is 2.38. The van der Waals surface area contributed by atoms with E-state index in [1.165, 1.54) is 5.56 Å². The lowest BCUT2D eigenvalue weighted by Crippen LogP contribution is -2.02. The van der Waals surface area contributed by atoms with E-state index in [-0.39, 0.29) is 0 Å². The minimum absolute atomic E-state index is 0.513. The lowest BCUT2D eigenvalue weighted by molar-refractivity contribution is 0.866. The first-order valence-electron chi connectivity index (χ1n) is 5.93. The van der Waals surface area contributed by atoms with E-state index in [2.05, 4.69) is 31.3 Å². The second-order valence-corrected chi connectivity index (χ2v) is 3.83. The van der Waals surface area contributed by atoms with E-state index in [0.717, 1.165) is 11.3 Å². The Kier molecular flexibility index (Phi) is 6.47. The van der Waals surface area contributed by atoms with Crippen LogP contribution in [0.4, 0.5) is 5.69 Å². The second kappa shape index (κ2) is 7.04. The fourth-order valence-corrected chi connectivity index (χ4v) is 1.45. The van der Waals surface area contributed by atoms with Crippen molar-refractivity contribution in [2.24, 2.45) is 0 Å². The van der Waals surface area contributed by atoms with Gasteiger partial charge in [-0.05, 0) is 30.5 Å². The van der Waals surface area contributed by atoms with Gasteiger partial charge in [0.2, 0.25) is 0 Å². The fraction of sp³-hybridized carbons (Fsp3) is 0.500. The van der Waals surface area contributed by atoms with Crippen molar-refractivity contribution in [3.05, 3.63) is 29.3 Å². The van der Waals surface area contributed by atoms with Crippen molar-refractivity contribution in [2.75, 3.05) is 12.4 Å². The normalized spacial score (nSPS) is 9.44. The predicted molar refractivity (Wildman–Crippen MR) is 73.9 cm³/mol. The molecule has 0 fully saturated rings. The highest BCUT2D eigenvalue weighted by Crippen LogP contribution is 2.22. The van der Waals surface area contributed by atoms with E-state index in [1.54, 1.807) is 0 Å².